The highest BCUT2D eigenvalue weighted by Crippen LogP contribution is 2.54. The van der Waals surface area contributed by atoms with Gasteiger partial charge in [-0.1, -0.05) is 153 Å². The Bertz CT molecular complexity index is 892. The zero-order valence-electron chi connectivity index (χ0n) is 22.8. The van der Waals surface area contributed by atoms with E-state index >= 15 is 0 Å². The van der Waals surface area contributed by atoms with Crippen molar-refractivity contribution in [3.8, 4) is 23.5 Å². The molecule has 3 rings (SSSR count). The molecule has 0 radical (unpaired) electrons. The highest BCUT2D eigenvalue weighted by Gasteiger charge is 2.42. The summed E-state index contributed by atoms with van der Waals surface area (Å²) in [5.41, 5.74) is 7.13. The van der Waals surface area contributed by atoms with E-state index in [1.807, 2.05) is 0 Å². The molecule has 0 saturated carbocycles. The Morgan fingerprint density at radius 3 is 1.60 bits per heavy atom. The molecule has 0 unspecified atom stereocenters. The van der Waals surface area contributed by atoms with Crippen LogP contribution in [-0.4, -0.2) is 0 Å². The molecule has 0 fully saturated rings. The summed E-state index contributed by atoms with van der Waals surface area (Å²) < 4.78 is 0. The third-order valence-corrected chi connectivity index (χ3v) is 8.35. The average molecular weight is 471 g/mol. The number of rotatable bonds is 18. The summed E-state index contributed by atoms with van der Waals surface area (Å²) in [5, 5.41) is 0. The van der Waals surface area contributed by atoms with Crippen LogP contribution in [0, 0.1) is 12.3 Å². The maximum atomic E-state index is 5.87. The van der Waals surface area contributed by atoms with Gasteiger partial charge < -0.3 is 0 Å². The second-order valence-electron chi connectivity index (χ2n) is 11.0. The molecule has 1 aliphatic rings. The van der Waals surface area contributed by atoms with Crippen molar-refractivity contribution in [2.45, 2.75) is 135 Å². The molecule has 0 heteroatoms. The topological polar surface area (TPSA) is 0 Å². The Morgan fingerprint density at radius 1 is 0.571 bits per heavy atom. The van der Waals surface area contributed by atoms with E-state index in [4.69, 9.17) is 6.42 Å². The van der Waals surface area contributed by atoms with Crippen LogP contribution in [0.4, 0.5) is 0 Å². The van der Waals surface area contributed by atoms with Gasteiger partial charge in [0.25, 0.3) is 0 Å². The molecule has 2 aromatic carbocycles. The lowest BCUT2D eigenvalue weighted by Gasteiger charge is -2.33. The molecule has 0 saturated heterocycles. The molecule has 35 heavy (non-hydrogen) atoms. The minimum Gasteiger partial charge on any atom is -0.115 e. The molecular weight excluding hydrogens is 420 g/mol. The van der Waals surface area contributed by atoms with Crippen LogP contribution in [-0.2, 0) is 5.41 Å². The van der Waals surface area contributed by atoms with E-state index in [1.54, 1.807) is 5.56 Å². The molecule has 0 heterocycles. The molecule has 0 N–H and O–H groups in total. The monoisotopic (exact) mass is 470 g/mol. The third-order valence-electron chi connectivity index (χ3n) is 8.35. The van der Waals surface area contributed by atoms with Gasteiger partial charge in [0.05, 0.1) is 0 Å². The van der Waals surface area contributed by atoms with E-state index < -0.39 is 0 Å². The first-order chi connectivity index (χ1) is 17.3. The Labute approximate surface area is 217 Å². The van der Waals surface area contributed by atoms with Gasteiger partial charge in [-0.25, -0.2) is 0 Å². The maximum absolute atomic E-state index is 5.87. The van der Waals surface area contributed by atoms with Crippen molar-refractivity contribution in [2.75, 3.05) is 0 Å². The van der Waals surface area contributed by atoms with Crippen LogP contribution in [0.5, 0.6) is 0 Å². The fourth-order valence-corrected chi connectivity index (χ4v) is 6.33. The normalized spacial score (nSPS) is 13.4. The quantitative estimate of drug-likeness (QED) is 0.150. The summed E-state index contributed by atoms with van der Waals surface area (Å²) in [7, 11) is 0. The second-order valence-corrected chi connectivity index (χ2v) is 11.0. The van der Waals surface area contributed by atoms with Crippen LogP contribution < -0.4 is 0 Å². The molecule has 0 amide bonds. The van der Waals surface area contributed by atoms with Gasteiger partial charge in [0.15, 0.2) is 0 Å². The van der Waals surface area contributed by atoms with E-state index in [1.165, 1.54) is 132 Å². The number of hydrogen-bond donors (Lipinski definition) is 0. The lowest BCUT2D eigenvalue weighted by atomic mass is 9.70. The fraction of sp³-hybridized carbons (Fsp3) is 0.600. The van der Waals surface area contributed by atoms with Gasteiger partial charge in [0, 0.05) is 11.0 Å². The summed E-state index contributed by atoms with van der Waals surface area (Å²) in [6, 6.07) is 16.0. The third kappa shape index (κ3) is 7.49. The molecule has 0 bridgehead atoms. The number of terminal acetylenes is 1. The van der Waals surface area contributed by atoms with Crippen LogP contribution in [0.25, 0.3) is 11.1 Å². The smallest absolute Gasteiger partial charge is 0.0246 e. The van der Waals surface area contributed by atoms with E-state index in [2.05, 4.69) is 62.2 Å². The molecule has 1 aliphatic carbocycles. The van der Waals surface area contributed by atoms with Crippen LogP contribution in [0.1, 0.15) is 146 Å². The predicted octanol–water partition coefficient (Wildman–Crippen LogP) is 11.0. The maximum Gasteiger partial charge on any atom is 0.0246 e. The molecule has 0 atom stereocenters. The molecular formula is C35H50. The molecule has 0 spiro atoms. The van der Waals surface area contributed by atoms with E-state index in [9.17, 15) is 0 Å². The van der Waals surface area contributed by atoms with E-state index in [0.717, 1.165) is 5.56 Å². The summed E-state index contributed by atoms with van der Waals surface area (Å²) in [6.07, 6.45) is 30.4. The van der Waals surface area contributed by atoms with E-state index in [0.29, 0.717) is 0 Å². The van der Waals surface area contributed by atoms with Gasteiger partial charge in [0.1, 0.15) is 0 Å². The lowest BCUT2D eigenvalue weighted by Crippen LogP contribution is -2.25. The number of benzene rings is 2. The van der Waals surface area contributed by atoms with Gasteiger partial charge >= 0.3 is 0 Å². The summed E-state index contributed by atoms with van der Waals surface area (Å²) in [6.45, 7) is 4.60. The van der Waals surface area contributed by atoms with Crippen LogP contribution in [0.15, 0.2) is 42.5 Å². The lowest BCUT2D eigenvalue weighted by molar-refractivity contribution is 0.397. The fourth-order valence-electron chi connectivity index (χ4n) is 6.33. The number of fused-ring (bicyclic) bond motifs is 3. The first-order valence-corrected chi connectivity index (χ1v) is 15.0. The summed E-state index contributed by atoms with van der Waals surface area (Å²) >= 11 is 0. The zero-order chi connectivity index (χ0) is 24.8. The molecule has 190 valence electrons. The zero-order valence-corrected chi connectivity index (χ0v) is 22.8. The Morgan fingerprint density at radius 2 is 1.06 bits per heavy atom. The Balaban J connectivity index is 1.70. The Kier molecular flexibility index (Phi) is 12.0. The van der Waals surface area contributed by atoms with E-state index in [-0.39, 0.29) is 5.41 Å². The second kappa shape index (κ2) is 15.2. The van der Waals surface area contributed by atoms with Crippen molar-refractivity contribution in [1.82, 2.24) is 0 Å². The summed E-state index contributed by atoms with van der Waals surface area (Å²) in [5.74, 6) is 2.92. The van der Waals surface area contributed by atoms with Gasteiger partial charge in [-0.2, -0.15) is 0 Å². The van der Waals surface area contributed by atoms with Crippen LogP contribution in [0.2, 0.25) is 0 Å². The molecule has 0 nitrogen and oxygen atoms in total. The average Bonchev–Trinajstić information content (AvgIpc) is 3.16. The molecule has 0 aromatic heterocycles. The molecule has 2 aromatic rings. The van der Waals surface area contributed by atoms with Crippen LogP contribution >= 0.6 is 0 Å². The number of unbranched alkanes of at least 4 members (excludes halogenated alkanes) is 14. The van der Waals surface area contributed by atoms with Gasteiger partial charge in [-0.05, 0) is 47.2 Å². The first-order valence-electron chi connectivity index (χ1n) is 15.0. The van der Waals surface area contributed by atoms with Crippen LogP contribution in [0.3, 0.4) is 0 Å². The van der Waals surface area contributed by atoms with Crippen molar-refractivity contribution >= 4 is 0 Å². The first kappa shape index (κ1) is 27.6. The van der Waals surface area contributed by atoms with Crippen molar-refractivity contribution in [2.24, 2.45) is 0 Å². The predicted molar refractivity (Wildman–Crippen MR) is 155 cm³/mol. The summed E-state index contributed by atoms with van der Waals surface area (Å²) in [4.78, 5) is 0. The van der Waals surface area contributed by atoms with Crippen molar-refractivity contribution in [1.29, 1.82) is 0 Å². The largest absolute Gasteiger partial charge is 0.115 e. The van der Waals surface area contributed by atoms with Gasteiger partial charge in [-0.15, -0.1) is 6.42 Å². The van der Waals surface area contributed by atoms with Crippen molar-refractivity contribution in [3.63, 3.8) is 0 Å². The van der Waals surface area contributed by atoms with Gasteiger partial charge in [-0.3, -0.25) is 0 Å². The minimum absolute atomic E-state index is 0.142. The minimum atomic E-state index is 0.142. The SMILES string of the molecule is C#Cc1ccc2c(c1)C(CCCCCCCCCC)(CCCCCCCCCC)c1ccccc1-2. The van der Waals surface area contributed by atoms with Crippen molar-refractivity contribution in [3.05, 3.63) is 59.2 Å². The van der Waals surface area contributed by atoms with Gasteiger partial charge in [0.2, 0.25) is 0 Å². The Hall–Kier alpha value is -2.00. The highest BCUT2D eigenvalue weighted by molar-refractivity contribution is 5.81. The highest BCUT2D eigenvalue weighted by atomic mass is 14.4. The molecule has 0 aliphatic heterocycles. The van der Waals surface area contributed by atoms with Crippen molar-refractivity contribution < 1.29 is 0 Å². The standard InChI is InChI=1S/C35H50/c1-4-7-9-11-13-15-17-21-27-35(28-22-18-16-14-12-10-8-5-2)33-24-20-19-23-31(33)32-26-25-30(6-3)29-34(32)35/h3,19-20,23-26,29H,4-5,7-18,21-22,27-28H2,1-2H3. The number of hydrogen-bond acceptors (Lipinski definition) is 0.